The summed E-state index contributed by atoms with van der Waals surface area (Å²) in [7, 11) is 0. The number of nitrogens with one attached hydrogen (secondary N) is 1. The van der Waals surface area contributed by atoms with Gasteiger partial charge < -0.3 is 9.80 Å². The number of non-ortho nitro benzene ring substituents is 1. The van der Waals surface area contributed by atoms with Crippen molar-refractivity contribution in [1.82, 2.24) is 0 Å². The topological polar surface area (TPSA) is 72.2 Å². The van der Waals surface area contributed by atoms with Crippen LogP contribution in [0.1, 0.15) is 20.8 Å². The summed E-state index contributed by atoms with van der Waals surface area (Å²) in [6, 6.07) is 5.87. The third-order valence-electron chi connectivity index (χ3n) is 3.85. The first-order valence-corrected chi connectivity index (χ1v) is 6.85. The van der Waals surface area contributed by atoms with E-state index in [0.717, 1.165) is 24.1 Å². The number of likely N-dealkylation sites (N-methyl/N-ethyl adjacent to an activating group) is 1. The first-order chi connectivity index (χ1) is 9.46. The van der Waals surface area contributed by atoms with Crippen LogP contribution in [-0.2, 0) is 4.79 Å². The summed E-state index contributed by atoms with van der Waals surface area (Å²) in [6.45, 7) is 9.35. The van der Waals surface area contributed by atoms with E-state index in [4.69, 9.17) is 0 Å². The van der Waals surface area contributed by atoms with E-state index < -0.39 is 4.92 Å². The number of carbonyl (C=O) groups excluding carboxylic acids is 1. The van der Waals surface area contributed by atoms with Gasteiger partial charge in [0.2, 0.25) is 0 Å². The molecule has 1 amide bonds. The van der Waals surface area contributed by atoms with Crippen LogP contribution < -0.4 is 5.32 Å². The zero-order valence-electron chi connectivity index (χ0n) is 12.3. The number of hydrogen-bond donors (Lipinski definition) is 1. The molecule has 6 heteroatoms. The fourth-order valence-corrected chi connectivity index (χ4v) is 2.18. The second-order valence-corrected chi connectivity index (χ2v) is 4.80. The van der Waals surface area contributed by atoms with Crippen LogP contribution in [0, 0.1) is 10.1 Å². The Hall–Kier alpha value is -1.95. The van der Waals surface area contributed by atoms with Crippen molar-refractivity contribution in [3.8, 4) is 0 Å². The van der Waals surface area contributed by atoms with Crippen molar-refractivity contribution in [1.29, 1.82) is 0 Å². The van der Waals surface area contributed by atoms with Gasteiger partial charge in [-0.1, -0.05) is 0 Å². The quantitative estimate of drug-likeness (QED) is 0.473. The lowest BCUT2D eigenvalue weighted by Crippen LogP contribution is -2.51. The zero-order valence-corrected chi connectivity index (χ0v) is 12.3. The van der Waals surface area contributed by atoms with Crippen molar-refractivity contribution < 1.29 is 14.2 Å². The van der Waals surface area contributed by atoms with Gasteiger partial charge in [0.15, 0.2) is 6.54 Å². The largest absolute Gasteiger partial charge is 0.321 e. The van der Waals surface area contributed by atoms with Gasteiger partial charge in [0.1, 0.15) is 0 Å². The number of carbonyl (C=O) groups is 1. The van der Waals surface area contributed by atoms with Crippen molar-refractivity contribution in [2.24, 2.45) is 0 Å². The number of nitro groups is 1. The van der Waals surface area contributed by atoms with Gasteiger partial charge in [0, 0.05) is 17.8 Å². The fraction of sp³-hybridized carbons (Fsp3) is 0.500. The van der Waals surface area contributed by atoms with Crippen molar-refractivity contribution in [2.75, 3.05) is 31.5 Å². The Morgan fingerprint density at radius 1 is 1.15 bits per heavy atom. The third kappa shape index (κ3) is 4.03. The van der Waals surface area contributed by atoms with Crippen LogP contribution in [0.2, 0.25) is 0 Å². The Kier molecular flexibility index (Phi) is 5.64. The van der Waals surface area contributed by atoms with Crippen molar-refractivity contribution >= 4 is 17.3 Å². The standard InChI is InChI=1S/C14H21N3O3/c1-4-17(5-2,6-3)11-14(18)15-12-7-9-13(10-8-12)16(19)20/h7-10H,4-6,11H2,1-3H3/p+1. The Morgan fingerprint density at radius 3 is 2.05 bits per heavy atom. The number of nitrogens with zero attached hydrogens (tertiary/aromatic N) is 2. The molecule has 1 aromatic carbocycles. The minimum absolute atomic E-state index is 0.0174. The molecule has 0 aliphatic carbocycles. The normalized spacial score (nSPS) is 11.2. The number of nitro benzene ring substituents is 1. The number of quaternary nitrogens is 1. The monoisotopic (exact) mass is 280 g/mol. The van der Waals surface area contributed by atoms with Gasteiger partial charge in [-0.2, -0.15) is 0 Å². The average Bonchev–Trinajstić information content (AvgIpc) is 2.45. The Labute approximate surface area is 119 Å². The molecule has 0 radical (unpaired) electrons. The molecule has 0 aliphatic heterocycles. The minimum Gasteiger partial charge on any atom is -0.321 e. The summed E-state index contributed by atoms with van der Waals surface area (Å²) >= 11 is 0. The molecule has 0 spiro atoms. The summed E-state index contributed by atoms with van der Waals surface area (Å²) in [5.74, 6) is -0.0654. The third-order valence-corrected chi connectivity index (χ3v) is 3.85. The van der Waals surface area contributed by atoms with Crippen LogP contribution in [0.25, 0.3) is 0 Å². The highest BCUT2D eigenvalue weighted by Crippen LogP contribution is 2.15. The molecule has 6 nitrogen and oxygen atoms in total. The van der Waals surface area contributed by atoms with Crippen LogP contribution in [-0.4, -0.2) is 41.5 Å². The Bertz CT molecular complexity index is 459. The molecule has 1 N–H and O–H groups in total. The fourth-order valence-electron chi connectivity index (χ4n) is 2.18. The molecule has 0 heterocycles. The minimum atomic E-state index is -0.460. The molecule has 1 aromatic rings. The molecule has 0 fully saturated rings. The second kappa shape index (κ2) is 7.00. The Morgan fingerprint density at radius 2 is 1.65 bits per heavy atom. The van der Waals surface area contributed by atoms with Gasteiger partial charge in [-0.15, -0.1) is 0 Å². The highest BCUT2D eigenvalue weighted by molar-refractivity contribution is 5.91. The highest BCUT2D eigenvalue weighted by atomic mass is 16.6. The van der Waals surface area contributed by atoms with E-state index >= 15 is 0 Å². The van der Waals surface area contributed by atoms with Crippen LogP contribution in [0.3, 0.4) is 0 Å². The predicted octanol–water partition coefficient (Wildman–Crippen LogP) is 2.41. The SMILES string of the molecule is CC[N+](CC)(CC)CC(=O)Nc1ccc([N+](=O)[O-])cc1. The first kappa shape index (κ1) is 16.1. The number of hydrogen-bond acceptors (Lipinski definition) is 3. The van der Waals surface area contributed by atoms with Gasteiger partial charge in [-0.3, -0.25) is 14.9 Å². The van der Waals surface area contributed by atoms with E-state index in [-0.39, 0.29) is 11.6 Å². The van der Waals surface area contributed by atoms with Gasteiger partial charge in [0.25, 0.3) is 11.6 Å². The molecule has 0 aromatic heterocycles. The zero-order chi connectivity index (χ0) is 15.2. The summed E-state index contributed by atoms with van der Waals surface area (Å²) in [6.07, 6.45) is 0. The van der Waals surface area contributed by atoms with Gasteiger partial charge >= 0.3 is 0 Å². The molecule has 0 aliphatic rings. The summed E-state index contributed by atoms with van der Waals surface area (Å²) in [4.78, 5) is 22.2. The van der Waals surface area contributed by atoms with Crippen molar-refractivity contribution in [3.05, 3.63) is 34.4 Å². The molecular weight excluding hydrogens is 258 g/mol. The molecular formula is C14H22N3O3+. The molecule has 0 saturated heterocycles. The molecule has 0 atom stereocenters. The highest BCUT2D eigenvalue weighted by Gasteiger charge is 2.24. The molecule has 0 bridgehead atoms. The molecule has 0 unspecified atom stereocenters. The van der Waals surface area contributed by atoms with Gasteiger partial charge in [-0.25, -0.2) is 0 Å². The molecule has 110 valence electrons. The van der Waals surface area contributed by atoms with E-state index in [1.54, 1.807) is 12.1 Å². The van der Waals surface area contributed by atoms with E-state index in [1.807, 2.05) is 0 Å². The average molecular weight is 280 g/mol. The van der Waals surface area contributed by atoms with Crippen molar-refractivity contribution in [2.45, 2.75) is 20.8 Å². The smallest absolute Gasteiger partial charge is 0.279 e. The predicted molar refractivity (Wildman–Crippen MR) is 78.5 cm³/mol. The summed E-state index contributed by atoms with van der Waals surface area (Å²) < 4.78 is 0.735. The number of rotatable bonds is 7. The molecule has 0 saturated carbocycles. The molecule has 1 rings (SSSR count). The van der Waals surface area contributed by atoms with Gasteiger partial charge in [0.05, 0.1) is 24.6 Å². The lowest BCUT2D eigenvalue weighted by atomic mass is 10.2. The van der Waals surface area contributed by atoms with E-state index in [9.17, 15) is 14.9 Å². The van der Waals surface area contributed by atoms with Crippen LogP contribution >= 0.6 is 0 Å². The second-order valence-electron chi connectivity index (χ2n) is 4.80. The maximum atomic E-state index is 12.1. The first-order valence-electron chi connectivity index (χ1n) is 6.85. The molecule has 20 heavy (non-hydrogen) atoms. The summed E-state index contributed by atoms with van der Waals surface area (Å²) in [5.41, 5.74) is 0.603. The van der Waals surface area contributed by atoms with Crippen molar-refractivity contribution in [3.63, 3.8) is 0 Å². The lowest BCUT2D eigenvalue weighted by Gasteiger charge is -2.34. The number of benzene rings is 1. The van der Waals surface area contributed by atoms with E-state index in [2.05, 4.69) is 26.1 Å². The Balaban J connectivity index is 2.68. The number of amides is 1. The maximum absolute atomic E-state index is 12.1. The van der Waals surface area contributed by atoms with E-state index in [0.29, 0.717) is 12.2 Å². The maximum Gasteiger partial charge on any atom is 0.279 e. The van der Waals surface area contributed by atoms with Crippen LogP contribution in [0.5, 0.6) is 0 Å². The van der Waals surface area contributed by atoms with Crippen LogP contribution in [0.4, 0.5) is 11.4 Å². The summed E-state index contributed by atoms with van der Waals surface area (Å²) in [5, 5.41) is 13.3. The van der Waals surface area contributed by atoms with E-state index in [1.165, 1.54) is 12.1 Å². The van der Waals surface area contributed by atoms with Crippen LogP contribution in [0.15, 0.2) is 24.3 Å². The number of anilines is 1. The van der Waals surface area contributed by atoms with Gasteiger partial charge in [-0.05, 0) is 32.9 Å². The lowest BCUT2D eigenvalue weighted by molar-refractivity contribution is -0.915.